The topological polar surface area (TPSA) is 30.2 Å². The second-order valence-electron chi connectivity index (χ2n) is 5.91. The quantitative estimate of drug-likeness (QED) is 0.692. The summed E-state index contributed by atoms with van der Waals surface area (Å²) in [6.07, 6.45) is 10.5. The molecule has 96 valence electrons. The number of carbonyl (C=O) groups is 1. The Hall–Kier alpha value is -1.31. The van der Waals surface area contributed by atoms with Crippen molar-refractivity contribution >= 4 is 11.9 Å². The first-order chi connectivity index (χ1) is 8.70. The molecule has 2 aliphatic rings. The van der Waals surface area contributed by atoms with E-state index in [0.29, 0.717) is 11.7 Å². The van der Waals surface area contributed by atoms with E-state index in [4.69, 9.17) is 4.42 Å². The number of hydrogen-bond acceptors (Lipinski definition) is 2. The molecule has 0 spiro atoms. The van der Waals surface area contributed by atoms with Crippen LogP contribution in [0.15, 0.2) is 28.4 Å². The average molecular weight is 244 g/mol. The highest BCUT2D eigenvalue weighted by Crippen LogP contribution is 2.49. The smallest absolute Gasteiger partial charge is 0.165 e. The highest BCUT2D eigenvalue weighted by molar-refractivity contribution is 6.04. The number of Topliss-reactive ketones (excluding diaryl/α,β-unsaturated/α-hetero) is 1. The Kier molecular flexibility index (Phi) is 2.89. The maximum absolute atomic E-state index is 12.7. The molecule has 0 bridgehead atoms. The van der Waals surface area contributed by atoms with E-state index in [1.54, 1.807) is 6.26 Å². The third kappa shape index (κ3) is 1.84. The summed E-state index contributed by atoms with van der Waals surface area (Å²) >= 11 is 0. The fraction of sp³-hybridized carbons (Fsp3) is 0.562. The monoisotopic (exact) mass is 244 g/mol. The number of allylic oxidation sites excluding steroid dienone is 1. The van der Waals surface area contributed by atoms with Crippen LogP contribution in [0.1, 0.15) is 51.2 Å². The molecule has 0 aliphatic heterocycles. The van der Waals surface area contributed by atoms with Gasteiger partial charge in [-0.2, -0.15) is 0 Å². The van der Waals surface area contributed by atoms with Crippen LogP contribution in [0.25, 0.3) is 6.08 Å². The number of ketones is 1. The lowest BCUT2D eigenvalue weighted by atomic mass is 9.58. The molecule has 0 saturated heterocycles. The summed E-state index contributed by atoms with van der Waals surface area (Å²) in [6, 6.07) is 3.78. The van der Waals surface area contributed by atoms with Gasteiger partial charge in [0.15, 0.2) is 5.78 Å². The van der Waals surface area contributed by atoms with E-state index in [1.165, 1.54) is 19.3 Å². The van der Waals surface area contributed by atoms with Crippen LogP contribution < -0.4 is 0 Å². The summed E-state index contributed by atoms with van der Waals surface area (Å²) in [5.74, 6) is 1.78. The van der Waals surface area contributed by atoms with Gasteiger partial charge in [0.25, 0.3) is 0 Å². The normalized spacial score (nSPS) is 34.6. The number of hydrogen-bond donors (Lipinski definition) is 0. The lowest BCUT2D eigenvalue weighted by molar-refractivity contribution is -0.131. The van der Waals surface area contributed by atoms with Crippen molar-refractivity contribution in [1.29, 1.82) is 0 Å². The van der Waals surface area contributed by atoms with Crippen molar-refractivity contribution in [2.45, 2.75) is 45.4 Å². The van der Waals surface area contributed by atoms with Crippen LogP contribution in [-0.2, 0) is 4.79 Å². The molecule has 2 heteroatoms. The predicted molar refractivity (Wildman–Crippen MR) is 71.0 cm³/mol. The molecular weight excluding hydrogens is 224 g/mol. The lowest BCUT2D eigenvalue weighted by Crippen LogP contribution is -2.42. The molecule has 0 amide bonds. The van der Waals surface area contributed by atoms with E-state index in [-0.39, 0.29) is 5.41 Å². The Morgan fingerprint density at radius 3 is 3.06 bits per heavy atom. The predicted octanol–water partition coefficient (Wildman–Crippen LogP) is 4.22. The molecule has 2 fully saturated rings. The van der Waals surface area contributed by atoms with E-state index in [2.05, 4.69) is 6.92 Å². The van der Waals surface area contributed by atoms with Gasteiger partial charge in [-0.15, -0.1) is 0 Å². The Morgan fingerprint density at radius 2 is 2.28 bits per heavy atom. The third-order valence-corrected chi connectivity index (χ3v) is 4.83. The summed E-state index contributed by atoms with van der Waals surface area (Å²) in [7, 11) is 0. The molecule has 1 aromatic heterocycles. The van der Waals surface area contributed by atoms with Crippen LogP contribution in [0, 0.1) is 11.3 Å². The fourth-order valence-electron chi connectivity index (χ4n) is 3.66. The van der Waals surface area contributed by atoms with E-state index in [9.17, 15) is 4.79 Å². The first-order valence-corrected chi connectivity index (χ1v) is 6.99. The molecule has 2 atom stereocenters. The van der Waals surface area contributed by atoms with Crippen molar-refractivity contribution in [3.05, 3.63) is 29.7 Å². The van der Waals surface area contributed by atoms with Crippen LogP contribution in [0.2, 0.25) is 0 Å². The van der Waals surface area contributed by atoms with Crippen molar-refractivity contribution in [2.24, 2.45) is 11.3 Å². The van der Waals surface area contributed by atoms with Gasteiger partial charge < -0.3 is 4.42 Å². The van der Waals surface area contributed by atoms with Crippen LogP contribution in [0.4, 0.5) is 0 Å². The van der Waals surface area contributed by atoms with Crippen molar-refractivity contribution in [2.75, 3.05) is 0 Å². The zero-order valence-electron chi connectivity index (χ0n) is 10.9. The van der Waals surface area contributed by atoms with Gasteiger partial charge >= 0.3 is 0 Å². The SMILES string of the molecule is C[C@]12CCCC[C@@H]1CC/C(=C/c1ccco1)C2=O. The van der Waals surface area contributed by atoms with Crippen molar-refractivity contribution in [1.82, 2.24) is 0 Å². The van der Waals surface area contributed by atoms with Gasteiger partial charge in [0, 0.05) is 5.41 Å². The molecule has 0 radical (unpaired) electrons. The first kappa shape index (κ1) is 11.8. The Morgan fingerprint density at radius 1 is 1.39 bits per heavy atom. The zero-order valence-corrected chi connectivity index (χ0v) is 10.9. The molecule has 0 N–H and O–H groups in total. The standard InChI is InChI=1S/C16H20O2/c1-16-9-3-2-5-13(16)8-7-12(15(16)17)11-14-6-4-10-18-14/h4,6,10-11,13H,2-3,5,7-9H2,1H3/b12-11-/t13-,16+/m1/s1. The third-order valence-electron chi connectivity index (χ3n) is 4.83. The second kappa shape index (κ2) is 4.42. The largest absolute Gasteiger partial charge is 0.465 e. The summed E-state index contributed by atoms with van der Waals surface area (Å²) in [5, 5.41) is 0. The molecule has 2 saturated carbocycles. The summed E-state index contributed by atoms with van der Waals surface area (Å²) in [4.78, 5) is 12.7. The molecule has 2 nitrogen and oxygen atoms in total. The van der Waals surface area contributed by atoms with Crippen LogP contribution >= 0.6 is 0 Å². The molecule has 18 heavy (non-hydrogen) atoms. The first-order valence-electron chi connectivity index (χ1n) is 6.99. The highest BCUT2D eigenvalue weighted by atomic mass is 16.3. The number of rotatable bonds is 1. The summed E-state index contributed by atoms with van der Waals surface area (Å²) in [6.45, 7) is 2.17. The number of fused-ring (bicyclic) bond motifs is 1. The minimum atomic E-state index is -0.102. The van der Waals surface area contributed by atoms with E-state index in [0.717, 1.165) is 30.6 Å². The van der Waals surface area contributed by atoms with Crippen molar-refractivity contribution in [3.63, 3.8) is 0 Å². The minimum absolute atomic E-state index is 0.102. The maximum atomic E-state index is 12.7. The molecule has 2 aliphatic carbocycles. The maximum Gasteiger partial charge on any atom is 0.165 e. The van der Waals surface area contributed by atoms with Gasteiger partial charge in [-0.25, -0.2) is 0 Å². The van der Waals surface area contributed by atoms with E-state index in [1.807, 2.05) is 18.2 Å². The fourth-order valence-corrected chi connectivity index (χ4v) is 3.66. The molecule has 1 aromatic rings. The minimum Gasteiger partial charge on any atom is -0.465 e. The van der Waals surface area contributed by atoms with Gasteiger partial charge in [0.1, 0.15) is 5.76 Å². The molecular formula is C16H20O2. The highest BCUT2D eigenvalue weighted by Gasteiger charge is 2.46. The van der Waals surface area contributed by atoms with Gasteiger partial charge in [-0.05, 0) is 55.4 Å². The molecule has 0 aromatic carbocycles. The van der Waals surface area contributed by atoms with E-state index < -0.39 is 0 Å². The lowest BCUT2D eigenvalue weighted by Gasteiger charge is -2.44. The number of carbonyl (C=O) groups excluding carboxylic acids is 1. The van der Waals surface area contributed by atoms with E-state index >= 15 is 0 Å². The molecule has 1 heterocycles. The van der Waals surface area contributed by atoms with Gasteiger partial charge in [0.05, 0.1) is 6.26 Å². The number of furan rings is 1. The second-order valence-corrected chi connectivity index (χ2v) is 5.91. The van der Waals surface area contributed by atoms with Gasteiger partial charge in [-0.1, -0.05) is 19.8 Å². The van der Waals surface area contributed by atoms with Crippen LogP contribution in [0.5, 0.6) is 0 Å². The summed E-state index contributed by atoms with van der Waals surface area (Å²) < 4.78 is 5.32. The van der Waals surface area contributed by atoms with Crippen molar-refractivity contribution in [3.8, 4) is 0 Å². The van der Waals surface area contributed by atoms with Gasteiger partial charge in [0.2, 0.25) is 0 Å². The Bertz CT molecular complexity index is 469. The zero-order chi connectivity index (χ0) is 12.6. The molecule has 3 rings (SSSR count). The average Bonchev–Trinajstić information content (AvgIpc) is 2.87. The Balaban J connectivity index is 1.89. The van der Waals surface area contributed by atoms with Gasteiger partial charge in [-0.3, -0.25) is 4.79 Å². The van der Waals surface area contributed by atoms with Crippen LogP contribution in [-0.4, -0.2) is 5.78 Å². The van der Waals surface area contributed by atoms with Crippen molar-refractivity contribution < 1.29 is 9.21 Å². The summed E-state index contributed by atoms with van der Waals surface area (Å²) in [5.41, 5.74) is 0.861. The Labute approximate surface area is 108 Å². The molecule has 0 unspecified atom stereocenters. The van der Waals surface area contributed by atoms with Crippen LogP contribution in [0.3, 0.4) is 0 Å².